The van der Waals surface area contributed by atoms with Crippen molar-refractivity contribution in [3.05, 3.63) is 59.8 Å². The third-order valence-electron chi connectivity index (χ3n) is 3.72. The van der Waals surface area contributed by atoms with Gasteiger partial charge in [-0.15, -0.1) is 0 Å². The molecule has 2 rings (SSSR count). The molecular weight excluding hydrogens is 300 g/mol. The number of ether oxygens (including phenoxy) is 1. The van der Waals surface area contributed by atoms with Crippen molar-refractivity contribution in [3.63, 3.8) is 0 Å². The summed E-state index contributed by atoms with van der Waals surface area (Å²) in [4.78, 5) is 8.82. The number of pyridine rings is 1. The van der Waals surface area contributed by atoms with E-state index in [1.54, 1.807) is 13.3 Å². The number of methoxy groups -OCH3 is 1. The van der Waals surface area contributed by atoms with Crippen LogP contribution in [0.4, 0.5) is 0 Å². The van der Waals surface area contributed by atoms with Crippen molar-refractivity contribution < 1.29 is 4.74 Å². The van der Waals surface area contributed by atoms with Crippen LogP contribution in [0, 0.1) is 0 Å². The van der Waals surface area contributed by atoms with Crippen molar-refractivity contribution >= 4 is 5.96 Å². The van der Waals surface area contributed by atoms with Crippen molar-refractivity contribution in [2.24, 2.45) is 4.99 Å². The van der Waals surface area contributed by atoms with Gasteiger partial charge in [0.05, 0.1) is 13.7 Å². The molecule has 0 radical (unpaired) electrons. The van der Waals surface area contributed by atoms with E-state index < -0.39 is 0 Å². The van der Waals surface area contributed by atoms with Gasteiger partial charge in [-0.3, -0.25) is 0 Å². The number of aliphatic imine (C=N–C) groups is 1. The Hall–Kier alpha value is -2.56. The fraction of sp³-hybridized carbons (Fsp3) is 0.368. The first kappa shape index (κ1) is 17.8. The summed E-state index contributed by atoms with van der Waals surface area (Å²) in [6, 6.07) is 14.3. The molecule has 0 bridgehead atoms. The van der Waals surface area contributed by atoms with Gasteiger partial charge >= 0.3 is 0 Å². The number of guanidine groups is 1. The average molecular weight is 326 g/mol. The first-order valence-electron chi connectivity index (χ1n) is 8.29. The lowest BCUT2D eigenvalue weighted by Gasteiger charge is -2.16. The third-order valence-corrected chi connectivity index (χ3v) is 3.72. The molecule has 0 saturated carbocycles. The lowest BCUT2D eigenvalue weighted by atomic mass is 10.0. The number of hydrogen-bond acceptors (Lipinski definition) is 3. The molecule has 0 amide bonds. The molecule has 0 aliphatic rings. The number of hydrogen-bond donors (Lipinski definition) is 2. The second-order valence-electron chi connectivity index (χ2n) is 5.60. The van der Waals surface area contributed by atoms with Gasteiger partial charge < -0.3 is 15.4 Å². The third kappa shape index (κ3) is 5.57. The highest BCUT2D eigenvalue weighted by Crippen LogP contribution is 2.13. The molecule has 1 aromatic carbocycles. The quantitative estimate of drug-likeness (QED) is 0.607. The zero-order chi connectivity index (χ0) is 17.2. The maximum atomic E-state index is 5.07. The molecule has 1 aromatic heterocycles. The fourth-order valence-corrected chi connectivity index (χ4v) is 2.29. The Labute approximate surface area is 144 Å². The van der Waals surface area contributed by atoms with Crippen LogP contribution < -0.4 is 15.4 Å². The van der Waals surface area contributed by atoms with Crippen LogP contribution in [0.3, 0.4) is 0 Å². The molecule has 1 unspecified atom stereocenters. The summed E-state index contributed by atoms with van der Waals surface area (Å²) in [6.45, 7) is 6.50. The van der Waals surface area contributed by atoms with Gasteiger partial charge in [0.25, 0.3) is 0 Å². The van der Waals surface area contributed by atoms with Crippen molar-refractivity contribution in [1.29, 1.82) is 0 Å². The molecule has 1 atom stereocenters. The van der Waals surface area contributed by atoms with Gasteiger partial charge in [-0.25, -0.2) is 9.98 Å². The van der Waals surface area contributed by atoms with E-state index >= 15 is 0 Å². The van der Waals surface area contributed by atoms with E-state index in [1.165, 1.54) is 5.56 Å². The molecule has 1 heterocycles. The van der Waals surface area contributed by atoms with E-state index in [2.05, 4.69) is 58.7 Å². The molecule has 2 N–H and O–H groups in total. The van der Waals surface area contributed by atoms with Crippen LogP contribution in [0.15, 0.2) is 53.7 Å². The number of benzene rings is 1. The van der Waals surface area contributed by atoms with E-state index in [0.717, 1.165) is 24.6 Å². The summed E-state index contributed by atoms with van der Waals surface area (Å²) >= 11 is 0. The molecule has 2 aromatic rings. The maximum Gasteiger partial charge on any atom is 0.212 e. The Morgan fingerprint density at radius 3 is 2.58 bits per heavy atom. The minimum absolute atomic E-state index is 0.415. The van der Waals surface area contributed by atoms with Gasteiger partial charge in [0.1, 0.15) is 0 Å². The second-order valence-corrected chi connectivity index (χ2v) is 5.60. The van der Waals surface area contributed by atoms with E-state index in [-0.39, 0.29) is 0 Å². The zero-order valence-corrected chi connectivity index (χ0v) is 14.6. The fourth-order valence-electron chi connectivity index (χ4n) is 2.29. The molecular formula is C19H26N4O. The van der Waals surface area contributed by atoms with Gasteiger partial charge in [-0.05, 0) is 24.0 Å². The normalized spacial score (nSPS) is 12.5. The number of nitrogens with one attached hydrogen (secondary N) is 2. The van der Waals surface area contributed by atoms with E-state index in [0.29, 0.717) is 18.3 Å². The smallest absolute Gasteiger partial charge is 0.212 e. The van der Waals surface area contributed by atoms with Gasteiger partial charge in [-0.1, -0.05) is 43.3 Å². The van der Waals surface area contributed by atoms with Gasteiger partial charge in [-0.2, -0.15) is 0 Å². The average Bonchev–Trinajstić information content (AvgIpc) is 2.65. The molecule has 0 aliphatic carbocycles. The Bertz CT molecular complexity index is 626. The molecule has 24 heavy (non-hydrogen) atoms. The topological polar surface area (TPSA) is 58.5 Å². The first-order chi connectivity index (χ1) is 11.7. The number of aromatic nitrogens is 1. The van der Waals surface area contributed by atoms with Gasteiger partial charge in [0, 0.05) is 25.4 Å². The highest BCUT2D eigenvalue weighted by molar-refractivity contribution is 5.79. The Balaban J connectivity index is 1.92. The van der Waals surface area contributed by atoms with Crippen molar-refractivity contribution in [2.75, 3.05) is 20.2 Å². The molecule has 0 fully saturated rings. The largest absolute Gasteiger partial charge is 0.481 e. The minimum atomic E-state index is 0.415. The first-order valence-corrected chi connectivity index (χ1v) is 8.29. The van der Waals surface area contributed by atoms with E-state index in [4.69, 9.17) is 4.74 Å². The summed E-state index contributed by atoms with van der Waals surface area (Å²) in [5.74, 6) is 1.85. The maximum absolute atomic E-state index is 5.07. The summed E-state index contributed by atoms with van der Waals surface area (Å²) < 4.78 is 5.07. The molecule has 0 aliphatic heterocycles. The lowest BCUT2D eigenvalue weighted by Crippen LogP contribution is -2.39. The van der Waals surface area contributed by atoms with E-state index in [1.807, 2.05) is 18.2 Å². The molecule has 0 saturated heterocycles. The summed E-state index contributed by atoms with van der Waals surface area (Å²) in [7, 11) is 1.61. The standard InChI is InChI=1S/C19H26N4O/c1-4-20-19(22-12-15(2)17-8-6-5-7-9-17)23-14-16-10-11-18(24-3)21-13-16/h5-11,13,15H,4,12,14H2,1-3H3,(H2,20,22,23). The number of nitrogens with zero attached hydrogens (tertiary/aromatic N) is 2. The van der Waals surface area contributed by atoms with Gasteiger partial charge in [0.15, 0.2) is 5.96 Å². The van der Waals surface area contributed by atoms with Crippen molar-refractivity contribution in [3.8, 4) is 5.88 Å². The summed E-state index contributed by atoms with van der Waals surface area (Å²) in [5, 5.41) is 6.68. The van der Waals surface area contributed by atoms with Gasteiger partial charge in [0.2, 0.25) is 5.88 Å². The monoisotopic (exact) mass is 326 g/mol. The Kier molecular flexibility index (Phi) is 7.08. The van der Waals surface area contributed by atoms with Crippen LogP contribution in [0.25, 0.3) is 0 Å². The molecule has 5 heteroatoms. The Morgan fingerprint density at radius 2 is 1.96 bits per heavy atom. The Morgan fingerprint density at radius 1 is 1.17 bits per heavy atom. The molecule has 0 spiro atoms. The number of rotatable bonds is 7. The zero-order valence-electron chi connectivity index (χ0n) is 14.6. The van der Waals surface area contributed by atoms with Crippen molar-refractivity contribution in [2.45, 2.75) is 26.3 Å². The SMILES string of the molecule is CCNC(=NCc1ccc(OC)nc1)NCC(C)c1ccccc1. The predicted molar refractivity (Wildman–Crippen MR) is 98.5 cm³/mol. The molecule has 5 nitrogen and oxygen atoms in total. The minimum Gasteiger partial charge on any atom is -0.481 e. The van der Waals surface area contributed by atoms with Crippen LogP contribution in [0.1, 0.15) is 30.9 Å². The van der Waals surface area contributed by atoms with Crippen LogP contribution in [-0.2, 0) is 6.54 Å². The van der Waals surface area contributed by atoms with Crippen LogP contribution >= 0.6 is 0 Å². The summed E-state index contributed by atoms with van der Waals surface area (Å²) in [6.07, 6.45) is 1.79. The summed E-state index contributed by atoms with van der Waals surface area (Å²) in [5.41, 5.74) is 2.37. The molecule has 128 valence electrons. The van der Waals surface area contributed by atoms with Crippen LogP contribution in [0.5, 0.6) is 5.88 Å². The predicted octanol–water partition coefficient (Wildman–Crippen LogP) is 2.95. The highest BCUT2D eigenvalue weighted by Gasteiger charge is 2.06. The van der Waals surface area contributed by atoms with E-state index in [9.17, 15) is 0 Å². The highest BCUT2D eigenvalue weighted by atomic mass is 16.5. The lowest BCUT2D eigenvalue weighted by molar-refractivity contribution is 0.397. The van der Waals surface area contributed by atoms with Crippen LogP contribution in [-0.4, -0.2) is 31.1 Å². The second kappa shape index (κ2) is 9.55. The van der Waals surface area contributed by atoms with Crippen molar-refractivity contribution in [1.82, 2.24) is 15.6 Å². The van der Waals surface area contributed by atoms with Crippen LogP contribution in [0.2, 0.25) is 0 Å².